The van der Waals surface area contributed by atoms with E-state index >= 15 is 0 Å². The summed E-state index contributed by atoms with van der Waals surface area (Å²) >= 11 is 1.48. The van der Waals surface area contributed by atoms with E-state index in [1.165, 1.54) is 24.2 Å². The van der Waals surface area contributed by atoms with Crippen molar-refractivity contribution in [3.8, 4) is 0 Å². The minimum Gasteiger partial charge on any atom is -0.398 e. The maximum atomic E-state index is 12.2. The van der Waals surface area contributed by atoms with Crippen LogP contribution in [0.25, 0.3) is 0 Å². The molecule has 3 unspecified atom stereocenters. The van der Waals surface area contributed by atoms with Crippen molar-refractivity contribution < 1.29 is 4.79 Å². The predicted octanol–water partition coefficient (Wildman–Crippen LogP) is 3.19. The fraction of sp³-hybridized carbons (Fsp3) is 0.643. The minimum atomic E-state index is 0.0331. The molecule has 1 aliphatic rings. The van der Waals surface area contributed by atoms with Gasteiger partial charge in [0.25, 0.3) is 5.91 Å². The quantitative estimate of drug-likeness (QED) is 0.863. The molecule has 1 aromatic heterocycles. The van der Waals surface area contributed by atoms with Crippen LogP contribution in [0.1, 0.15) is 47.7 Å². The van der Waals surface area contributed by atoms with Gasteiger partial charge < -0.3 is 11.1 Å². The van der Waals surface area contributed by atoms with E-state index in [1.807, 2.05) is 6.92 Å². The first-order chi connectivity index (χ1) is 8.49. The van der Waals surface area contributed by atoms with Crippen LogP contribution in [-0.2, 0) is 0 Å². The molecule has 0 radical (unpaired) electrons. The largest absolute Gasteiger partial charge is 0.398 e. The number of hydrogen-bond acceptors (Lipinski definition) is 3. The third-order valence-electron chi connectivity index (χ3n) is 4.20. The Hall–Kier alpha value is -1.03. The average molecular weight is 266 g/mol. The van der Waals surface area contributed by atoms with Gasteiger partial charge >= 0.3 is 0 Å². The third-order valence-corrected chi connectivity index (χ3v) is 5.27. The number of hydrogen-bond donors (Lipinski definition) is 2. The Morgan fingerprint density at radius 3 is 2.78 bits per heavy atom. The van der Waals surface area contributed by atoms with Crippen molar-refractivity contribution in [2.75, 3.05) is 5.73 Å². The van der Waals surface area contributed by atoms with E-state index in [4.69, 9.17) is 5.73 Å². The smallest absolute Gasteiger partial charge is 0.261 e. The number of anilines is 1. The Labute approximate surface area is 113 Å². The molecule has 100 valence electrons. The summed E-state index contributed by atoms with van der Waals surface area (Å²) in [6.45, 7) is 6.46. The van der Waals surface area contributed by atoms with E-state index in [0.29, 0.717) is 17.9 Å². The van der Waals surface area contributed by atoms with Crippen LogP contribution in [0, 0.1) is 18.8 Å². The molecule has 0 spiro atoms. The standard InChI is InChI=1S/C14H22N2OS/c1-8-5-4-6-12(9(8)2)16-14(17)13-7-11(15)10(3)18-13/h7-9,12H,4-6,15H2,1-3H3,(H,16,17). The van der Waals surface area contributed by atoms with Gasteiger partial charge in [-0.05, 0) is 31.2 Å². The number of carbonyl (C=O) groups excluding carboxylic acids is 1. The van der Waals surface area contributed by atoms with E-state index in [1.54, 1.807) is 6.07 Å². The molecule has 0 bridgehead atoms. The average Bonchev–Trinajstić information content (AvgIpc) is 2.66. The molecule has 1 saturated carbocycles. The molecule has 3 atom stereocenters. The summed E-state index contributed by atoms with van der Waals surface area (Å²) in [6, 6.07) is 2.09. The fourth-order valence-electron chi connectivity index (χ4n) is 2.63. The van der Waals surface area contributed by atoms with Crippen LogP contribution in [0.4, 0.5) is 5.69 Å². The van der Waals surface area contributed by atoms with Crippen molar-refractivity contribution in [3.63, 3.8) is 0 Å². The predicted molar refractivity (Wildman–Crippen MR) is 76.9 cm³/mol. The lowest BCUT2D eigenvalue weighted by molar-refractivity contribution is 0.0895. The van der Waals surface area contributed by atoms with E-state index in [-0.39, 0.29) is 5.91 Å². The monoisotopic (exact) mass is 266 g/mol. The second-order valence-corrected chi connectivity index (χ2v) is 6.73. The Morgan fingerprint density at radius 2 is 2.17 bits per heavy atom. The molecule has 3 nitrogen and oxygen atoms in total. The number of aryl methyl sites for hydroxylation is 1. The van der Waals surface area contributed by atoms with Gasteiger partial charge in [0.05, 0.1) is 4.88 Å². The molecule has 3 N–H and O–H groups in total. The number of carbonyl (C=O) groups is 1. The number of nitrogens with one attached hydrogen (secondary N) is 1. The molecule has 2 rings (SSSR count). The van der Waals surface area contributed by atoms with Crippen molar-refractivity contribution in [1.29, 1.82) is 0 Å². The van der Waals surface area contributed by atoms with Crippen molar-refractivity contribution in [1.82, 2.24) is 5.32 Å². The molecule has 0 aromatic carbocycles. The van der Waals surface area contributed by atoms with Crippen LogP contribution in [0.15, 0.2) is 6.07 Å². The maximum Gasteiger partial charge on any atom is 0.261 e. The minimum absolute atomic E-state index is 0.0331. The van der Waals surface area contributed by atoms with Gasteiger partial charge in [-0.3, -0.25) is 4.79 Å². The van der Waals surface area contributed by atoms with Crippen LogP contribution >= 0.6 is 11.3 Å². The van der Waals surface area contributed by atoms with Gasteiger partial charge in [0.1, 0.15) is 0 Å². The molecular formula is C14H22N2OS. The molecule has 0 aliphatic heterocycles. The lowest BCUT2D eigenvalue weighted by Crippen LogP contribution is -2.43. The van der Waals surface area contributed by atoms with Gasteiger partial charge in [-0.2, -0.15) is 0 Å². The van der Waals surface area contributed by atoms with Crippen molar-refractivity contribution >= 4 is 22.9 Å². The van der Waals surface area contributed by atoms with Gasteiger partial charge in [-0.1, -0.05) is 26.7 Å². The lowest BCUT2D eigenvalue weighted by atomic mass is 9.78. The Bertz CT molecular complexity index is 422. The molecular weight excluding hydrogens is 244 g/mol. The molecule has 1 heterocycles. The molecule has 1 fully saturated rings. The zero-order chi connectivity index (χ0) is 13.3. The summed E-state index contributed by atoms with van der Waals surface area (Å²) in [5.41, 5.74) is 6.51. The van der Waals surface area contributed by atoms with E-state index in [0.717, 1.165) is 21.9 Å². The van der Waals surface area contributed by atoms with Crippen molar-refractivity contribution in [2.45, 2.75) is 46.1 Å². The molecule has 0 saturated heterocycles. The molecule has 18 heavy (non-hydrogen) atoms. The topological polar surface area (TPSA) is 55.1 Å². The number of thiophene rings is 1. The van der Waals surface area contributed by atoms with E-state index in [9.17, 15) is 4.79 Å². The van der Waals surface area contributed by atoms with Crippen LogP contribution < -0.4 is 11.1 Å². The summed E-state index contributed by atoms with van der Waals surface area (Å²) in [6.07, 6.45) is 3.58. The van der Waals surface area contributed by atoms with Gasteiger partial charge in [-0.25, -0.2) is 0 Å². The van der Waals surface area contributed by atoms with Gasteiger partial charge in [0, 0.05) is 16.6 Å². The lowest BCUT2D eigenvalue weighted by Gasteiger charge is -2.34. The first-order valence-electron chi connectivity index (χ1n) is 6.65. The zero-order valence-corrected chi connectivity index (χ0v) is 12.1. The number of nitrogens with two attached hydrogens (primary N) is 1. The highest BCUT2D eigenvalue weighted by Gasteiger charge is 2.28. The summed E-state index contributed by atoms with van der Waals surface area (Å²) in [4.78, 5) is 13.9. The highest BCUT2D eigenvalue weighted by atomic mass is 32.1. The molecule has 1 aromatic rings. The van der Waals surface area contributed by atoms with Crippen molar-refractivity contribution in [2.24, 2.45) is 11.8 Å². The Kier molecular flexibility index (Phi) is 3.95. The number of rotatable bonds is 2. The van der Waals surface area contributed by atoms with Gasteiger partial charge in [-0.15, -0.1) is 11.3 Å². The van der Waals surface area contributed by atoms with E-state index < -0.39 is 0 Å². The molecule has 1 aliphatic carbocycles. The summed E-state index contributed by atoms with van der Waals surface area (Å²) < 4.78 is 0. The second-order valence-electron chi connectivity index (χ2n) is 5.47. The second kappa shape index (κ2) is 5.31. The summed E-state index contributed by atoms with van der Waals surface area (Å²) in [7, 11) is 0. The first-order valence-corrected chi connectivity index (χ1v) is 7.47. The Morgan fingerprint density at radius 1 is 1.44 bits per heavy atom. The molecule has 1 amide bonds. The number of amides is 1. The highest BCUT2D eigenvalue weighted by molar-refractivity contribution is 7.14. The third kappa shape index (κ3) is 2.69. The summed E-state index contributed by atoms with van der Waals surface area (Å²) in [5.74, 6) is 1.28. The zero-order valence-electron chi connectivity index (χ0n) is 11.3. The number of nitrogen functional groups attached to an aromatic ring is 1. The SMILES string of the molecule is Cc1sc(C(=O)NC2CCCC(C)C2C)cc1N. The maximum absolute atomic E-state index is 12.2. The van der Waals surface area contributed by atoms with Crippen LogP contribution in [0.2, 0.25) is 0 Å². The van der Waals surface area contributed by atoms with Crippen LogP contribution in [0.3, 0.4) is 0 Å². The van der Waals surface area contributed by atoms with Gasteiger partial charge in [0.2, 0.25) is 0 Å². The fourth-order valence-corrected chi connectivity index (χ4v) is 3.48. The van der Waals surface area contributed by atoms with Crippen LogP contribution in [0.5, 0.6) is 0 Å². The summed E-state index contributed by atoms with van der Waals surface area (Å²) in [5, 5.41) is 3.17. The van der Waals surface area contributed by atoms with Gasteiger partial charge in [0.15, 0.2) is 0 Å². The van der Waals surface area contributed by atoms with Crippen molar-refractivity contribution in [3.05, 3.63) is 15.8 Å². The van der Waals surface area contributed by atoms with E-state index in [2.05, 4.69) is 19.2 Å². The first kappa shape index (κ1) is 13.4. The normalized spacial score (nSPS) is 28.1. The van der Waals surface area contributed by atoms with Crippen LogP contribution in [-0.4, -0.2) is 11.9 Å². The molecule has 4 heteroatoms. The Balaban J connectivity index is 2.02. The highest BCUT2D eigenvalue weighted by Crippen LogP contribution is 2.30.